The predicted octanol–water partition coefficient (Wildman–Crippen LogP) is 5.58. The summed E-state index contributed by atoms with van der Waals surface area (Å²) in [6.07, 6.45) is 2.04. The van der Waals surface area contributed by atoms with E-state index >= 15 is 0 Å². The van der Waals surface area contributed by atoms with Crippen LogP contribution in [0.25, 0.3) is 0 Å². The van der Waals surface area contributed by atoms with Crippen molar-refractivity contribution in [2.24, 2.45) is 4.99 Å². The van der Waals surface area contributed by atoms with Gasteiger partial charge in [0.05, 0.1) is 16.5 Å². The van der Waals surface area contributed by atoms with Crippen LogP contribution in [0.5, 0.6) is 5.75 Å². The Hall–Kier alpha value is -1.57. The molecule has 7 heteroatoms. The number of benzene rings is 1. The Labute approximate surface area is 181 Å². The molecule has 1 aromatic carbocycles. The Kier molecular flexibility index (Phi) is 11.9. The summed E-state index contributed by atoms with van der Waals surface area (Å²) in [5.74, 6) is 2.03. The second kappa shape index (κ2) is 13.6. The van der Waals surface area contributed by atoms with Crippen molar-refractivity contribution in [3.05, 3.63) is 64.4 Å². The molecule has 152 valence electrons. The number of nitrogens with zero attached hydrogens (tertiary/aromatic N) is 1. The van der Waals surface area contributed by atoms with E-state index in [2.05, 4.69) is 30.0 Å². The molecule has 0 radical (unpaired) electrons. The molecule has 0 aliphatic heterocycles. The predicted molar refractivity (Wildman–Crippen MR) is 128 cm³/mol. The summed E-state index contributed by atoms with van der Waals surface area (Å²) in [6.45, 7) is 13.8. The molecule has 0 aliphatic rings. The van der Waals surface area contributed by atoms with Crippen LogP contribution < -0.4 is 5.32 Å². The van der Waals surface area contributed by atoms with Crippen LogP contribution in [0, 0.1) is 0 Å². The quantitative estimate of drug-likeness (QED) is 0.254. The maximum Gasteiger partial charge on any atom is 0.229 e. The Morgan fingerprint density at radius 3 is 2.36 bits per heavy atom. The van der Waals surface area contributed by atoms with Crippen molar-refractivity contribution in [1.82, 2.24) is 5.32 Å². The first-order valence-corrected chi connectivity index (χ1v) is 11.6. The second-order valence-electron chi connectivity index (χ2n) is 5.99. The minimum Gasteiger partial charge on any atom is -0.508 e. The Bertz CT molecular complexity index is 728. The van der Waals surface area contributed by atoms with Crippen molar-refractivity contribution in [2.45, 2.75) is 26.2 Å². The SMILES string of the molecule is C=C(C)SC(CCSCCC(=C)SC(=C)NC(=O)Cc1ccc(O)cc1)=NC. The van der Waals surface area contributed by atoms with Crippen molar-refractivity contribution >= 4 is 46.2 Å². The number of carbonyl (C=O) groups is 1. The van der Waals surface area contributed by atoms with Gasteiger partial charge in [-0.15, -0.1) is 0 Å². The largest absolute Gasteiger partial charge is 0.508 e. The molecule has 0 fully saturated rings. The van der Waals surface area contributed by atoms with Crippen LogP contribution in [0.4, 0.5) is 0 Å². The van der Waals surface area contributed by atoms with Crippen molar-refractivity contribution in [3.63, 3.8) is 0 Å². The van der Waals surface area contributed by atoms with Crippen LogP contribution >= 0.6 is 35.3 Å². The molecular weight excluding hydrogens is 408 g/mol. The minimum absolute atomic E-state index is 0.133. The van der Waals surface area contributed by atoms with Gasteiger partial charge < -0.3 is 10.4 Å². The third-order valence-electron chi connectivity index (χ3n) is 3.37. The minimum atomic E-state index is -0.133. The highest BCUT2D eigenvalue weighted by Crippen LogP contribution is 2.25. The van der Waals surface area contributed by atoms with Gasteiger partial charge in [-0.05, 0) is 52.4 Å². The molecule has 0 saturated carbocycles. The first-order valence-electron chi connectivity index (χ1n) is 8.79. The van der Waals surface area contributed by atoms with Gasteiger partial charge in [0.1, 0.15) is 5.75 Å². The lowest BCUT2D eigenvalue weighted by atomic mass is 10.1. The maximum atomic E-state index is 12.1. The van der Waals surface area contributed by atoms with Crippen LogP contribution in [-0.4, -0.2) is 34.6 Å². The second-order valence-corrected chi connectivity index (χ2v) is 9.86. The molecule has 0 saturated heterocycles. The van der Waals surface area contributed by atoms with Gasteiger partial charge in [-0.1, -0.05) is 55.4 Å². The highest BCUT2D eigenvalue weighted by molar-refractivity contribution is 8.17. The summed E-state index contributed by atoms with van der Waals surface area (Å²) < 4.78 is 0. The highest BCUT2D eigenvalue weighted by atomic mass is 32.2. The van der Waals surface area contributed by atoms with Gasteiger partial charge in [0.2, 0.25) is 5.91 Å². The maximum absolute atomic E-state index is 12.1. The van der Waals surface area contributed by atoms with Crippen LogP contribution in [-0.2, 0) is 11.2 Å². The number of allylic oxidation sites excluding steroid dienone is 2. The van der Waals surface area contributed by atoms with Crippen molar-refractivity contribution < 1.29 is 9.90 Å². The molecule has 0 spiro atoms. The van der Waals surface area contributed by atoms with E-state index in [1.54, 1.807) is 36.0 Å². The third-order valence-corrected chi connectivity index (χ3v) is 6.17. The lowest BCUT2D eigenvalue weighted by Crippen LogP contribution is -2.22. The lowest BCUT2D eigenvalue weighted by molar-refractivity contribution is -0.119. The van der Waals surface area contributed by atoms with E-state index in [9.17, 15) is 9.90 Å². The molecule has 0 heterocycles. The molecule has 1 amide bonds. The molecule has 28 heavy (non-hydrogen) atoms. The van der Waals surface area contributed by atoms with Crippen LogP contribution in [0.15, 0.2) is 63.8 Å². The smallest absolute Gasteiger partial charge is 0.229 e. The molecule has 4 nitrogen and oxygen atoms in total. The topological polar surface area (TPSA) is 61.7 Å². The number of aromatic hydroxyl groups is 1. The van der Waals surface area contributed by atoms with E-state index in [0.717, 1.165) is 44.8 Å². The Balaban J connectivity index is 2.20. The van der Waals surface area contributed by atoms with Crippen molar-refractivity contribution in [2.75, 3.05) is 18.6 Å². The number of nitrogens with one attached hydrogen (secondary N) is 1. The van der Waals surface area contributed by atoms with Crippen LogP contribution in [0.2, 0.25) is 0 Å². The molecule has 2 N–H and O–H groups in total. The average Bonchev–Trinajstić information content (AvgIpc) is 2.61. The number of aliphatic imine (C=N–C) groups is 1. The number of phenolic OH excluding ortho intramolecular Hbond substituents is 1. The van der Waals surface area contributed by atoms with E-state index in [1.165, 1.54) is 11.8 Å². The summed E-state index contributed by atoms with van der Waals surface area (Å²) >= 11 is 4.90. The summed E-state index contributed by atoms with van der Waals surface area (Å²) in [6, 6.07) is 6.59. The fourth-order valence-electron chi connectivity index (χ4n) is 2.11. The van der Waals surface area contributed by atoms with Crippen molar-refractivity contribution in [1.29, 1.82) is 0 Å². The zero-order chi connectivity index (χ0) is 20.9. The lowest BCUT2D eigenvalue weighted by Gasteiger charge is -2.10. The fraction of sp³-hybridized carbons (Fsp3) is 0.333. The Morgan fingerprint density at radius 1 is 1.11 bits per heavy atom. The van der Waals surface area contributed by atoms with E-state index in [1.807, 2.05) is 25.7 Å². The fourth-order valence-corrected chi connectivity index (χ4v) is 4.71. The standard InChI is InChI=1S/C21H28N2O2S3/c1-15(2)27-21(22-5)11-13-26-12-10-16(3)28-17(4)23-20(25)14-18-6-8-19(24)9-7-18/h6-9,24H,1,3-4,10-14H2,2,5H3,(H,23,25). The van der Waals surface area contributed by atoms with E-state index < -0.39 is 0 Å². The molecule has 0 bridgehead atoms. The molecular formula is C21H28N2O2S3. The van der Waals surface area contributed by atoms with E-state index in [4.69, 9.17) is 0 Å². The molecule has 0 atom stereocenters. The van der Waals surface area contributed by atoms with Gasteiger partial charge in [0, 0.05) is 13.5 Å². The number of hydrogen-bond acceptors (Lipinski definition) is 6. The van der Waals surface area contributed by atoms with E-state index in [-0.39, 0.29) is 18.1 Å². The number of thioether (sulfide) groups is 3. The number of amides is 1. The zero-order valence-corrected chi connectivity index (χ0v) is 18.9. The normalized spacial score (nSPS) is 11.1. The highest BCUT2D eigenvalue weighted by Gasteiger charge is 2.07. The van der Waals surface area contributed by atoms with E-state index in [0.29, 0.717) is 5.03 Å². The Morgan fingerprint density at radius 2 is 1.75 bits per heavy atom. The van der Waals surface area contributed by atoms with Crippen molar-refractivity contribution in [3.8, 4) is 5.75 Å². The summed E-state index contributed by atoms with van der Waals surface area (Å²) in [5.41, 5.74) is 0.836. The number of carbonyl (C=O) groups excluding carboxylic acids is 1. The van der Waals surface area contributed by atoms with Gasteiger partial charge in [0.15, 0.2) is 0 Å². The zero-order valence-electron chi connectivity index (χ0n) is 16.5. The van der Waals surface area contributed by atoms with Crippen LogP contribution in [0.1, 0.15) is 25.3 Å². The molecule has 0 unspecified atom stereocenters. The van der Waals surface area contributed by atoms with Crippen LogP contribution in [0.3, 0.4) is 0 Å². The summed E-state index contributed by atoms with van der Waals surface area (Å²) in [4.78, 5) is 18.4. The van der Waals surface area contributed by atoms with Gasteiger partial charge in [-0.25, -0.2) is 0 Å². The van der Waals surface area contributed by atoms with Gasteiger partial charge in [0.25, 0.3) is 0 Å². The molecule has 0 aromatic heterocycles. The molecule has 1 rings (SSSR count). The number of rotatable bonds is 12. The van der Waals surface area contributed by atoms with Gasteiger partial charge in [-0.3, -0.25) is 9.79 Å². The first-order chi connectivity index (χ1) is 13.3. The number of phenols is 1. The van der Waals surface area contributed by atoms with Gasteiger partial charge >= 0.3 is 0 Å². The summed E-state index contributed by atoms with van der Waals surface area (Å²) in [5, 5.41) is 13.8. The number of hydrogen-bond donors (Lipinski definition) is 2. The molecule has 1 aromatic rings. The first kappa shape index (κ1) is 24.5. The average molecular weight is 437 g/mol. The monoisotopic (exact) mass is 436 g/mol. The third kappa shape index (κ3) is 11.3. The summed E-state index contributed by atoms with van der Waals surface area (Å²) in [7, 11) is 1.82. The van der Waals surface area contributed by atoms with Gasteiger partial charge in [-0.2, -0.15) is 11.8 Å². The molecule has 0 aliphatic carbocycles.